The zero-order chi connectivity index (χ0) is 22.1. The summed E-state index contributed by atoms with van der Waals surface area (Å²) < 4.78 is 5.78. The SMILES string of the molecule is Cc1cc([N+](=O)[O-])ccc1-c1ccc(/C=C2\C(=O)NC(=O)N(C3CCCCC3)C2=O)o1. The Bertz CT molecular complexity index is 1110. The number of imide groups is 2. The van der Waals surface area contributed by atoms with Crippen molar-refractivity contribution in [1.82, 2.24) is 10.2 Å². The van der Waals surface area contributed by atoms with Crippen LogP contribution in [0.5, 0.6) is 0 Å². The van der Waals surface area contributed by atoms with Crippen molar-refractivity contribution in [1.29, 1.82) is 0 Å². The number of barbiturate groups is 1. The van der Waals surface area contributed by atoms with Gasteiger partial charge < -0.3 is 4.42 Å². The molecule has 9 nitrogen and oxygen atoms in total. The zero-order valence-corrected chi connectivity index (χ0v) is 16.9. The highest BCUT2D eigenvalue weighted by Crippen LogP contribution is 2.30. The molecule has 1 saturated heterocycles. The predicted molar refractivity (Wildman–Crippen MR) is 111 cm³/mol. The van der Waals surface area contributed by atoms with Gasteiger partial charge in [0.15, 0.2) is 0 Å². The zero-order valence-electron chi connectivity index (χ0n) is 16.9. The molecule has 0 unspecified atom stereocenters. The van der Waals surface area contributed by atoms with Gasteiger partial charge in [0.25, 0.3) is 17.5 Å². The molecule has 0 spiro atoms. The summed E-state index contributed by atoms with van der Waals surface area (Å²) in [5.74, 6) is -0.663. The van der Waals surface area contributed by atoms with Crippen molar-refractivity contribution < 1.29 is 23.7 Å². The first kappa shape index (κ1) is 20.5. The lowest BCUT2D eigenvalue weighted by Gasteiger charge is -2.35. The van der Waals surface area contributed by atoms with Crippen LogP contribution in [-0.2, 0) is 9.59 Å². The van der Waals surface area contributed by atoms with Crippen LogP contribution in [0.3, 0.4) is 0 Å². The molecule has 4 rings (SSSR count). The number of carbonyl (C=O) groups excluding carboxylic acids is 3. The first-order chi connectivity index (χ1) is 14.8. The van der Waals surface area contributed by atoms with Crippen LogP contribution in [0.25, 0.3) is 17.4 Å². The summed E-state index contributed by atoms with van der Waals surface area (Å²) in [6.45, 7) is 1.73. The number of nitrogens with zero attached hydrogens (tertiary/aromatic N) is 2. The maximum absolute atomic E-state index is 13.0. The van der Waals surface area contributed by atoms with Gasteiger partial charge in [-0.3, -0.25) is 29.9 Å². The first-order valence-corrected chi connectivity index (χ1v) is 10.1. The van der Waals surface area contributed by atoms with E-state index in [1.807, 2.05) is 0 Å². The fourth-order valence-corrected chi connectivity index (χ4v) is 4.10. The molecule has 2 heterocycles. The summed E-state index contributed by atoms with van der Waals surface area (Å²) in [6.07, 6.45) is 5.72. The van der Waals surface area contributed by atoms with Crippen molar-refractivity contribution in [3.05, 3.63) is 57.3 Å². The number of amides is 4. The van der Waals surface area contributed by atoms with Crippen molar-refractivity contribution in [2.45, 2.75) is 45.1 Å². The fraction of sp³-hybridized carbons (Fsp3) is 0.318. The maximum atomic E-state index is 13.0. The number of urea groups is 1. The molecule has 1 aliphatic carbocycles. The molecule has 1 aromatic heterocycles. The summed E-state index contributed by atoms with van der Waals surface area (Å²) in [5.41, 5.74) is 1.13. The number of hydrogen-bond donors (Lipinski definition) is 1. The van der Waals surface area contributed by atoms with E-state index in [1.165, 1.54) is 18.2 Å². The molecule has 2 aromatic rings. The van der Waals surface area contributed by atoms with Gasteiger partial charge in [-0.15, -0.1) is 0 Å². The molecule has 0 atom stereocenters. The number of carbonyl (C=O) groups is 3. The minimum Gasteiger partial charge on any atom is -0.457 e. The van der Waals surface area contributed by atoms with E-state index in [0.29, 0.717) is 16.9 Å². The molecule has 31 heavy (non-hydrogen) atoms. The standard InChI is InChI=1S/C22H21N3O6/c1-13-11-15(25(29)30)7-9-17(13)19-10-8-16(31-19)12-18-20(26)23-22(28)24(21(18)27)14-5-3-2-4-6-14/h7-12,14H,2-6H2,1H3,(H,23,26,28)/b18-12+. The molecule has 2 aliphatic rings. The molecular weight excluding hydrogens is 402 g/mol. The number of nitrogens with one attached hydrogen (secondary N) is 1. The van der Waals surface area contributed by atoms with Crippen molar-refractivity contribution >= 4 is 29.6 Å². The average Bonchev–Trinajstić information content (AvgIpc) is 3.20. The monoisotopic (exact) mass is 423 g/mol. The van der Waals surface area contributed by atoms with Crippen LogP contribution in [0.4, 0.5) is 10.5 Å². The van der Waals surface area contributed by atoms with Crippen molar-refractivity contribution in [3.8, 4) is 11.3 Å². The van der Waals surface area contributed by atoms with Gasteiger partial charge in [0.2, 0.25) is 0 Å². The minimum atomic E-state index is -0.758. The van der Waals surface area contributed by atoms with Crippen LogP contribution in [0.1, 0.15) is 43.4 Å². The van der Waals surface area contributed by atoms with E-state index >= 15 is 0 Å². The molecule has 1 saturated carbocycles. The Morgan fingerprint density at radius 3 is 2.55 bits per heavy atom. The lowest BCUT2D eigenvalue weighted by atomic mass is 9.93. The molecule has 160 valence electrons. The summed E-state index contributed by atoms with van der Waals surface area (Å²) in [6, 6.07) is 6.79. The lowest BCUT2D eigenvalue weighted by Crippen LogP contribution is -2.58. The van der Waals surface area contributed by atoms with E-state index < -0.39 is 22.8 Å². The normalized spacial score (nSPS) is 19.1. The second kappa shape index (κ2) is 8.17. The van der Waals surface area contributed by atoms with Gasteiger partial charge in [-0.2, -0.15) is 0 Å². The Morgan fingerprint density at radius 1 is 1.13 bits per heavy atom. The van der Waals surface area contributed by atoms with Crippen molar-refractivity contribution in [2.24, 2.45) is 0 Å². The number of aryl methyl sites for hydroxylation is 1. The van der Waals surface area contributed by atoms with Gasteiger partial charge in [-0.25, -0.2) is 4.79 Å². The van der Waals surface area contributed by atoms with E-state index in [0.717, 1.165) is 37.0 Å². The Hall–Kier alpha value is -3.75. The molecule has 4 amide bonds. The quantitative estimate of drug-likeness (QED) is 0.344. The molecule has 0 radical (unpaired) electrons. The molecule has 9 heteroatoms. The summed E-state index contributed by atoms with van der Waals surface area (Å²) >= 11 is 0. The van der Waals surface area contributed by atoms with E-state index in [-0.39, 0.29) is 23.1 Å². The van der Waals surface area contributed by atoms with Crippen LogP contribution in [0.2, 0.25) is 0 Å². The highest BCUT2D eigenvalue weighted by Gasteiger charge is 2.40. The van der Waals surface area contributed by atoms with E-state index in [2.05, 4.69) is 5.32 Å². The summed E-state index contributed by atoms with van der Waals surface area (Å²) in [5, 5.41) is 13.2. The fourth-order valence-electron chi connectivity index (χ4n) is 4.10. The summed E-state index contributed by atoms with van der Waals surface area (Å²) in [7, 11) is 0. The number of nitro groups is 1. The van der Waals surface area contributed by atoms with Gasteiger partial charge in [-0.1, -0.05) is 19.3 Å². The van der Waals surface area contributed by atoms with E-state index in [4.69, 9.17) is 4.42 Å². The van der Waals surface area contributed by atoms with Crippen LogP contribution < -0.4 is 5.32 Å². The number of non-ortho nitro benzene ring substituents is 1. The molecule has 1 N–H and O–H groups in total. The van der Waals surface area contributed by atoms with Crippen LogP contribution in [0.15, 0.2) is 40.3 Å². The second-order valence-corrected chi connectivity index (χ2v) is 7.74. The first-order valence-electron chi connectivity index (χ1n) is 10.1. The number of rotatable bonds is 4. The summed E-state index contributed by atoms with van der Waals surface area (Å²) in [4.78, 5) is 49.2. The lowest BCUT2D eigenvalue weighted by molar-refractivity contribution is -0.384. The molecule has 1 aliphatic heterocycles. The second-order valence-electron chi connectivity index (χ2n) is 7.74. The van der Waals surface area contributed by atoms with Crippen LogP contribution >= 0.6 is 0 Å². The van der Waals surface area contributed by atoms with Gasteiger partial charge in [-0.05, 0) is 49.6 Å². The smallest absolute Gasteiger partial charge is 0.331 e. The Labute approximate surface area is 177 Å². The van der Waals surface area contributed by atoms with Gasteiger partial charge in [0.1, 0.15) is 17.1 Å². The van der Waals surface area contributed by atoms with Crippen LogP contribution in [-0.4, -0.2) is 33.7 Å². The highest BCUT2D eigenvalue weighted by atomic mass is 16.6. The Morgan fingerprint density at radius 2 is 1.87 bits per heavy atom. The molecular formula is C22H21N3O6. The Kier molecular flexibility index (Phi) is 5.41. The molecule has 1 aromatic carbocycles. The number of hydrogen-bond acceptors (Lipinski definition) is 6. The van der Waals surface area contributed by atoms with E-state index in [1.54, 1.807) is 25.1 Å². The Balaban J connectivity index is 1.62. The highest BCUT2D eigenvalue weighted by molar-refractivity contribution is 6.31. The van der Waals surface area contributed by atoms with E-state index in [9.17, 15) is 24.5 Å². The topological polar surface area (TPSA) is 123 Å². The maximum Gasteiger partial charge on any atom is 0.331 e. The van der Waals surface area contributed by atoms with Gasteiger partial charge >= 0.3 is 6.03 Å². The van der Waals surface area contributed by atoms with Crippen LogP contribution in [0, 0.1) is 17.0 Å². The third-order valence-electron chi connectivity index (χ3n) is 5.67. The predicted octanol–water partition coefficient (Wildman–Crippen LogP) is 3.96. The third-order valence-corrected chi connectivity index (χ3v) is 5.67. The largest absolute Gasteiger partial charge is 0.457 e. The van der Waals surface area contributed by atoms with Gasteiger partial charge in [0.05, 0.1) is 4.92 Å². The van der Waals surface area contributed by atoms with Crippen molar-refractivity contribution in [3.63, 3.8) is 0 Å². The molecule has 0 bridgehead atoms. The minimum absolute atomic E-state index is 0.0212. The number of furan rings is 1. The number of nitro benzene ring substituents is 1. The molecule has 2 fully saturated rings. The van der Waals surface area contributed by atoms with Crippen molar-refractivity contribution in [2.75, 3.05) is 0 Å². The van der Waals surface area contributed by atoms with Gasteiger partial charge in [0, 0.05) is 23.7 Å². The third kappa shape index (κ3) is 3.98. The number of benzene rings is 1. The average molecular weight is 423 g/mol.